The number of carboxylic acids is 1. The van der Waals surface area contributed by atoms with E-state index in [4.69, 9.17) is 9.84 Å². The van der Waals surface area contributed by atoms with Crippen LogP contribution in [0.3, 0.4) is 0 Å². The van der Waals surface area contributed by atoms with E-state index in [1.54, 1.807) is 0 Å². The zero-order valence-electron chi connectivity index (χ0n) is 12.1. The molecule has 0 saturated heterocycles. The number of nitrogens with one attached hydrogen (secondary N) is 1. The number of ether oxygens (including phenoxy) is 1. The Hall–Kier alpha value is -1.57. The van der Waals surface area contributed by atoms with Gasteiger partial charge in [-0.2, -0.15) is 13.2 Å². The van der Waals surface area contributed by atoms with Gasteiger partial charge in [-0.1, -0.05) is 18.9 Å². The molecule has 0 aromatic rings. The zero-order valence-corrected chi connectivity index (χ0v) is 12.1. The number of carbonyl (C=O) groups is 2. The van der Waals surface area contributed by atoms with Crippen molar-refractivity contribution < 1.29 is 32.6 Å². The average molecular weight is 323 g/mol. The van der Waals surface area contributed by atoms with Crippen LogP contribution >= 0.6 is 0 Å². The van der Waals surface area contributed by atoms with Gasteiger partial charge in [-0.15, -0.1) is 6.58 Å². The van der Waals surface area contributed by atoms with Crippen molar-refractivity contribution in [1.29, 1.82) is 0 Å². The maximum Gasteiger partial charge on any atom is 0.392 e. The molecule has 126 valence electrons. The molecule has 2 N–H and O–H groups in total. The van der Waals surface area contributed by atoms with E-state index in [0.29, 0.717) is 12.8 Å². The Labute approximate surface area is 126 Å². The second kappa shape index (κ2) is 8.17. The Kier molecular flexibility index (Phi) is 6.86. The molecule has 0 spiro atoms. The highest BCUT2D eigenvalue weighted by molar-refractivity contribution is 5.85. The van der Waals surface area contributed by atoms with E-state index in [0.717, 1.165) is 0 Å². The Balaban J connectivity index is 2.70. The minimum atomic E-state index is -4.46. The van der Waals surface area contributed by atoms with Crippen molar-refractivity contribution in [2.75, 3.05) is 13.2 Å². The molecule has 1 rings (SSSR count). The van der Waals surface area contributed by atoms with Gasteiger partial charge in [-0.3, -0.25) is 4.79 Å². The van der Waals surface area contributed by atoms with Crippen LogP contribution in [0.2, 0.25) is 0 Å². The minimum absolute atomic E-state index is 0.0915. The fourth-order valence-electron chi connectivity index (χ4n) is 2.56. The lowest BCUT2D eigenvalue weighted by Crippen LogP contribution is -2.50. The third-order valence-corrected chi connectivity index (χ3v) is 3.66. The van der Waals surface area contributed by atoms with Crippen molar-refractivity contribution in [3.8, 4) is 0 Å². The average Bonchev–Trinajstić information content (AvgIpc) is 2.45. The molecule has 8 heteroatoms. The molecular formula is C14H20F3NO4. The van der Waals surface area contributed by atoms with E-state index in [1.807, 2.05) is 0 Å². The number of aliphatic carboxylic acids is 1. The Morgan fingerprint density at radius 3 is 2.55 bits per heavy atom. The van der Waals surface area contributed by atoms with Crippen LogP contribution in [-0.4, -0.2) is 42.4 Å². The number of carboxylic acid groups (broad SMARTS) is 1. The summed E-state index contributed by atoms with van der Waals surface area (Å²) in [7, 11) is 0. The van der Waals surface area contributed by atoms with Crippen LogP contribution in [0.1, 0.15) is 25.7 Å². The van der Waals surface area contributed by atoms with Gasteiger partial charge < -0.3 is 15.2 Å². The summed E-state index contributed by atoms with van der Waals surface area (Å²) in [5.74, 6) is -5.19. The van der Waals surface area contributed by atoms with Gasteiger partial charge in [0.25, 0.3) is 0 Å². The third-order valence-electron chi connectivity index (χ3n) is 3.66. The van der Waals surface area contributed by atoms with Crippen LogP contribution in [0.15, 0.2) is 12.7 Å². The maximum atomic E-state index is 13.0. The predicted octanol–water partition coefficient (Wildman–Crippen LogP) is 2.13. The molecule has 0 aromatic heterocycles. The molecule has 0 heterocycles. The summed E-state index contributed by atoms with van der Waals surface area (Å²) in [6, 6.07) is -1.37. The van der Waals surface area contributed by atoms with Crippen molar-refractivity contribution in [2.24, 2.45) is 11.8 Å². The van der Waals surface area contributed by atoms with Gasteiger partial charge >= 0.3 is 12.1 Å². The van der Waals surface area contributed by atoms with Gasteiger partial charge in [0.05, 0.1) is 19.1 Å². The van der Waals surface area contributed by atoms with Gasteiger partial charge in [0, 0.05) is 5.92 Å². The first kappa shape index (κ1) is 18.5. The number of halogens is 3. The van der Waals surface area contributed by atoms with Gasteiger partial charge in [-0.25, -0.2) is 4.79 Å². The second-order valence-corrected chi connectivity index (χ2v) is 5.26. The summed E-state index contributed by atoms with van der Waals surface area (Å²) in [6.07, 6.45) is -2.11. The summed E-state index contributed by atoms with van der Waals surface area (Å²) in [5, 5.41) is 11.2. The monoisotopic (exact) mass is 323 g/mol. The topological polar surface area (TPSA) is 75.6 Å². The van der Waals surface area contributed by atoms with E-state index >= 15 is 0 Å². The number of carbonyl (C=O) groups excluding carboxylic acids is 1. The van der Waals surface area contributed by atoms with Crippen LogP contribution in [0.5, 0.6) is 0 Å². The standard InChI is InChI=1S/C14H20F3NO4/c1-2-7-22-8-11(13(20)21)18-12(19)9-5-3-4-6-10(9)14(15,16)17/h2,9-11H,1,3-8H2,(H,18,19)(H,20,21). The van der Waals surface area contributed by atoms with Crippen molar-refractivity contribution >= 4 is 11.9 Å². The van der Waals surface area contributed by atoms with Gasteiger partial charge in [0.2, 0.25) is 5.91 Å². The fraction of sp³-hybridized carbons (Fsp3) is 0.714. The third kappa shape index (κ3) is 5.32. The number of alkyl halides is 3. The first-order valence-electron chi connectivity index (χ1n) is 7.06. The van der Waals surface area contributed by atoms with Gasteiger partial charge in [0.15, 0.2) is 6.04 Å². The van der Waals surface area contributed by atoms with Crippen molar-refractivity contribution in [1.82, 2.24) is 5.32 Å². The molecule has 1 fully saturated rings. The first-order chi connectivity index (χ1) is 10.3. The van der Waals surface area contributed by atoms with E-state index < -0.39 is 35.9 Å². The summed E-state index contributed by atoms with van der Waals surface area (Å²) in [5.41, 5.74) is 0. The number of hydrogen-bond donors (Lipinski definition) is 2. The lowest BCUT2D eigenvalue weighted by Gasteiger charge is -2.32. The van der Waals surface area contributed by atoms with Crippen LogP contribution in [0.4, 0.5) is 13.2 Å². The van der Waals surface area contributed by atoms with Crippen LogP contribution in [0, 0.1) is 11.8 Å². The molecule has 3 atom stereocenters. The highest BCUT2D eigenvalue weighted by Crippen LogP contribution is 2.41. The Morgan fingerprint density at radius 1 is 1.36 bits per heavy atom. The molecule has 0 bridgehead atoms. The van der Waals surface area contributed by atoms with Crippen molar-refractivity contribution in [2.45, 2.75) is 37.9 Å². The summed E-state index contributed by atoms with van der Waals surface area (Å²) in [6.45, 7) is 3.16. The van der Waals surface area contributed by atoms with E-state index in [-0.39, 0.29) is 26.1 Å². The van der Waals surface area contributed by atoms with E-state index in [2.05, 4.69) is 11.9 Å². The second-order valence-electron chi connectivity index (χ2n) is 5.26. The van der Waals surface area contributed by atoms with Crippen LogP contribution in [-0.2, 0) is 14.3 Å². The summed E-state index contributed by atoms with van der Waals surface area (Å²) in [4.78, 5) is 23.1. The van der Waals surface area contributed by atoms with Crippen LogP contribution < -0.4 is 5.32 Å². The molecule has 5 nitrogen and oxygen atoms in total. The molecule has 0 aliphatic heterocycles. The number of hydrogen-bond acceptors (Lipinski definition) is 3. The van der Waals surface area contributed by atoms with Crippen molar-refractivity contribution in [3.05, 3.63) is 12.7 Å². The molecule has 3 unspecified atom stereocenters. The number of rotatable bonds is 7. The first-order valence-corrected chi connectivity index (χ1v) is 7.06. The largest absolute Gasteiger partial charge is 0.480 e. The zero-order chi connectivity index (χ0) is 16.8. The summed E-state index contributed by atoms with van der Waals surface area (Å²) < 4.78 is 43.8. The van der Waals surface area contributed by atoms with E-state index in [1.165, 1.54) is 6.08 Å². The normalized spacial score (nSPS) is 23.6. The minimum Gasteiger partial charge on any atom is -0.480 e. The number of amides is 1. The van der Waals surface area contributed by atoms with Gasteiger partial charge in [-0.05, 0) is 12.8 Å². The fourth-order valence-corrected chi connectivity index (χ4v) is 2.56. The van der Waals surface area contributed by atoms with Crippen molar-refractivity contribution in [3.63, 3.8) is 0 Å². The quantitative estimate of drug-likeness (QED) is 0.556. The smallest absolute Gasteiger partial charge is 0.392 e. The molecule has 1 saturated carbocycles. The Morgan fingerprint density at radius 2 is 2.00 bits per heavy atom. The molecule has 1 amide bonds. The lowest BCUT2D eigenvalue weighted by molar-refractivity contribution is -0.198. The van der Waals surface area contributed by atoms with E-state index in [9.17, 15) is 22.8 Å². The molecule has 1 aliphatic carbocycles. The predicted molar refractivity (Wildman–Crippen MR) is 72.1 cm³/mol. The molecule has 0 aromatic carbocycles. The van der Waals surface area contributed by atoms with Gasteiger partial charge in [0.1, 0.15) is 0 Å². The SMILES string of the molecule is C=CCOCC(NC(=O)C1CCCCC1C(F)(F)F)C(=O)O. The highest BCUT2D eigenvalue weighted by atomic mass is 19.4. The Bertz CT molecular complexity index is 411. The highest BCUT2D eigenvalue weighted by Gasteiger charge is 2.48. The maximum absolute atomic E-state index is 13.0. The summed E-state index contributed by atoms with van der Waals surface area (Å²) >= 11 is 0. The van der Waals surface area contributed by atoms with Crippen LogP contribution in [0.25, 0.3) is 0 Å². The molecule has 1 aliphatic rings. The lowest BCUT2D eigenvalue weighted by atomic mass is 9.78. The molecular weight excluding hydrogens is 303 g/mol. The molecule has 22 heavy (non-hydrogen) atoms. The molecule has 0 radical (unpaired) electrons.